The Morgan fingerprint density at radius 1 is 0.840 bits per heavy atom. The number of carboxylic acids is 1. The first-order chi connectivity index (χ1) is 12.3. The molecule has 0 atom stereocenters. The van der Waals surface area contributed by atoms with E-state index in [1.807, 2.05) is 0 Å². The van der Waals surface area contributed by atoms with Crippen molar-refractivity contribution < 1.29 is 33.6 Å². The van der Waals surface area contributed by atoms with E-state index >= 15 is 0 Å². The number of unbranched alkanes of at least 4 members (excludes halogenated alkanes) is 1. The zero-order valence-corrected chi connectivity index (χ0v) is 14.8. The van der Waals surface area contributed by atoms with Crippen molar-refractivity contribution in [1.29, 1.82) is 0 Å². The Morgan fingerprint density at radius 2 is 1.40 bits per heavy atom. The van der Waals surface area contributed by atoms with E-state index < -0.39 is 5.97 Å². The predicted molar refractivity (Wildman–Crippen MR) is 92.5 cm³/mol. The number of carboxylic acid groups (broad SMARTS) is 1. The van der Waals surface area contributed by atoms with E-state index in [2.05, 4.69) is 0 Å². The van der Waals surface area contributed by atoms with E-state index in [1.54, 1.807) is 25.3 Å². The van der Waals surface area contributed by atoms with Crippen molar-refractivity contribution in [1.82, 2.24) is 0 Å². The van der Waals surface area contributed by atoms with Crippen LogP contribution in [0.5, 0.6) is 5.75 Å². The van der Waals surface area contributed by atoms with Gasteiger partial charge in [-0.15, -0.1) is 0 Å². The second-order valence-corrected chi connectivity index (χ2v) is 5.19. The molecule has 142 valence electrons. The number of hydrogen-bond acceptors (Lipinski definition) is 6. The Morgan fingerprint density at radius 3 is 2.04 bits per heavy atom. The van der Waals surface area contributed by atoms with E-state index in [0.29, 0.717) is 58.6 Å². The number of methoxy groups -OCH3 is 1. The third-order valence-electron chi connectivity index (χ3n) is 3.23. The Bertz CT molecular complexity index is 464. The first kappa shape index (κ1) is 21.4. The van der Waals surface area contributed by atoms with Crippen LogP contribution < -0.4 is 4.74 Å². The third kappa shape index (κ3) is 10.7. The molecular weight excluding hydrogens is 328 g/mol. The summed E-state index contributed by atoms with van der Waals surface area (Å²) in [6, 6.07) is 6.63. The summed E-state index contributed by atoms with van der Waals surface area (Å²) in [5.74, 6) is -0.583. The van der Waals surface area contributed by atoms with Gasteiger partial charge in [0, 0.05) is 13.7 Å². The third-order valence-corrected chi connectivity index (χ3v) is 3.23. The fourth-order valence-corrected chi connectivity index (χ4v) is 1.94. The van der Waals surface area contributed by atoms with Gasteiger partial charge >= 0.3 is 5.97 Å². The van der Waals surface area contributed by atoms with Crippen molar-refractivity contribution in [3.05, 3.63) is 29.8 Å². The molecule has 0 aliphatic heterocycles. The number of para-hydroxylation sites is 1. The molecule has 0 amide bonds. The maximum atomic E-state index is 11.0. The second-order valence-electron chi connectivity index (χ2n) is 5.19. The van der Waals surface area contributed by atoms with Gasteiger partial charge in [0.1, 0.15) is 11.3 Å². The smallest absolute Gasteiger partial charge is 0.339 e. The fourth-order valence-electron chi connectivity index (χ4n) is 1.94. The van der Waals surface area contributed by atoms with E-state index in [9.17, 15) is 4.79 Å². The molecule has 7 heteroatoms. The molecule has 7 nitrogen and oxygen atoms in total. The number of carbonyl (C=O) groups is 1. The highest BCUT2D eigenvalue weighted by atomic mass is 16.6. The lowest BCUT2D eigenvalue weighted by atomic mass is 10.2. The Balaban J connectivity index is 1.90. The molecule has 0 aliphatic carbocycles. The molecule has 0 bridgehead atoms. The van der Waals surface area contributed by atoms with Crippen molar-refractivity contribution in [3.8, 4) is 5.75 Å². The van der Waals surface area contributed by atoms with E-state index in [-0.39, 0.29) is 5.56 Å². The van der Waals surface area contributed by atoms with Crippen LogP contribution in [0.1, 0.15) is 23.2 Å². The van der Waals surface area contributed by atoms with Crippen LogP contribution in [-0.4, -0.2) is 71.0 Å². The van der Waals surface area contributed by atoms with Gasteiger partial charge in [-0.25, -0.2) is 4.79 Å². The molecule has 1 N–H and O–H groups in total. The molecule has 1 rings (SSSR count). The SMILES string of the molecule is COCCOCCOCCOCCCCOc1ccccc1C(=O)O. The van der Waals surface area contributed by atoms with Crippen LogP contribution in [0.15, 0.2) is 24.3 Å². The molecule has 0 radical (unpaired) electrons. The minimum Gasteiger partial charge on any atom is -0.493 e. The summed E-state index contributed by atoms with van der Waals surface area (Å²) in [6.45, 7) is 4.43. The van der Waals surface area contributed by atoms with Gasteiger partial charge in [0.05, 0.1) is 46.2 Å². The average molecular weight is 356 g/mol. The second kappa shape index (κ2) is 14.7. The fraction of sp³-hybridized carbons (Fsp3) is 0.611. The van der Waals surface area contributed by atoms with Gasteiger partial charge in [-0.1, -0.05) is 12.1 Å². The van der Waals surface area contributed by atoms with E-state index in [0.717, 1.165) is 12.8 Å². The van der Waals surface area contributed by atoms with Gasteiger partial charge in [0.25, 0.3) is 0 Å². The van der Waals surface area contributed by atoms with Gasteiger partial charge in [0.15, 0.2) is 0 Å². The quantitative estimate of drug-likeness (QED) is 0.455. The largest absolute Gasteiger partial charge is 0.493 e. The van der Waals surface area contributed by atoms with Gasteiger partial charge in [-0.05, 0) is 25.0 Å². The van der Waals surface area contributed by atoms with Crippen molar-refractivity contribution in [3.63, 3.8) is 0 Å². The Hall–Kier alpha value is -1.67. The van der Waals surface area contributed by atoms with Crippen LogP contribution in [0.2, 0.25) is 0 Å². The maximum Gasteiger partial charge on any atom is 0.339 e. The first-order valence-electron chi connectivity index (χ1n) is 8.43. The molecule has 0 aromatic heterocycles. The summed E-state index contributed by atoms with van der Waals surface area (Å²) in [7, 11) is 1.64. The molecule has 25 heavy (non-hydrogen) atoms. The van der Waals surface area contributed by atoms with Crippen molar-refractivity contribution in [2.24, 2.45) is 0 Å². The van der Waals surface area contributed by atoms with E-state index in [4.69, 9.17) is 28.8 Å². The van der Waals surface area contributed by atoms with Crippen molar-refractivity contribution >= 4 is 5.97 Å². The van der Waals surface area contributed by atoms with Crippen LogP contribution >= 0.6 is 0 Å². The molecule has 0 saturated carbocycles. The Labute approximate surface area is 148 Å². The monoisotopic (exact) mass is 356 g/mol. The van der Waals surface area contributed by atoms with Gasteiger partial charge < -0.3 is 28.8 Å². The van der Waals surface area contributed by atoms with Crippen LogP contribution in [-0.2, 0) is 18.9 Å². The number of ether oxygens (including phenoxy) is 5. The minimum atomic E-state index is -0.983. The molecule has 1 aromatic carbocycles. The van der Waals surface area contributed by atoms with Gasteiger partial charge in [-0.2, -0.15) is 0 Å². The highest BCUT2D eigenvalue weighted by molar-refractivity contribution is 5.90. The predicted octanol–water partition coefficient (Wildman–Crippen LogP) is 2.24. The molecule has 0 aliphatic rings. The number of benzene rings is 1. The highest BCUT2D eigenvalue weighted by Crippen LogP contribution is 2.17. The zero-order chi connectivity index (χ0) is 18.2. The van der Waals surface area contributed by atoms with Gasteiger partial charge in [-0.3, -0.25) is 0 Å². The normalized spacial score (nSPS) is 10.8. The average Bonchev–Trinajstić information content (AvgIpc) is 2.62. The molecule has 0 unspecified atom stereocenters. The summed E-state index contributed by atoms with van der Waals surface area (Å²) < 4.78 is 26.5. The molecule has 0 fully saturated rings. The lowest BCUT2D eigenvalue weighted by molar-refractivity contribution is 0.00304. The lowest BCUT2D eigenvalue weighted by Crippen LogP contribution is -2.11. The maximum absolute atomic E-state index is 11.0. The van der Waals surface area contributed by atoms with E-state index in [1.165, 1.54) is 6.07 Å². The summed E-state index contributed by atoms with van der Waals surface area (Å²) >= 11 is 0. The van der Waals surface area contributed by atoms with Crippen molar-refractivity contribution in [2.75, 3.05) is 60.0 Å². The molecule has 1 aromatic rings. The molecule has 0 spiro atoms. The minimum absolute atomic E-state index is 0.182. The van der Waals surface area contributed by atoms with Gasteiger partial charge in [0.2, 0.25) is 0 Å². The lowest BCUT2D eigenvalue weighted by Gasteiger charge is -2.09. The van der Waals surface area contributed by atoms with Crippen LogP contribution in [0.25, 0.3) is 0 Å². The standard InChI is InChI=1S/C18H28O7/c1-21-10-11-23-14-15-24-13-12-22-8-4-5-9-25-17-7-3-2-6-16(17)18(19)20/h2-3,6-7H,4-5,8-15H2,1H3,(H,19,20). The number of aromatic carboxylic acids is 1. The zero-order valence-electron chi connectivity index (χ0n) is 14.8. The highest BCUT2D eigenvalue weighted by Gasteiger charge is 2.09. The summed E-state index contributed by atoms with van der Waals surface area (Å²) in [5.41, 5.74) is 0.182. The summed E-state index contributed by atoms with van der Waals surface area (Å²) in [4.78, 5) is 11.0. The van der Waals surface area contributed by atoms with Crippen LogP contribution in [0, 0.1) is 0 Å². The van der Waals surface area contributed by atoms with Crippen LogP contribution in [0.4, 0.5) is 0 Å². The Kier molecular flexibility index (Phi) is 12.5. The number of hydrogen-bond donors (Lipinski definition) is 1. The molecule has 0 saturated heterocycles. The van der Waals surface area contributed by atoms with Crippen molar-refractivity contribution in [2.45, 2.75) is 12.8 Å². The summed E-state index contributed by atoms with van der Waals surface area (Å²) in [5, 5.41) is 9.06. The first-order valence-corrected chi connectivity index (χ1v) is 8.43. The molecular formula is C18H28O7. The molecule has 0 heterocycles. The topological polar surface area (TPSA) is 83.5 Å². The number of rotatable bonds is 16. The summed E-state index contributed by atoms with van der Waals surface area (Å²) in [6.07, 6.45) is 1.64. The van der Waals surface area contributed by atoms with Crippen LogP contribution in [0.3, 0.4) is 0 Å².